The lowest BCUT2D eigenvalue weighted by Crippen LogP contribution is -2.39. The molecule has 18 heavy (non-hydrogen) atoms. The van der Waals surface area contributed by atoms with Gasteiger partial charge in [-0.1, -0.05) is 17.7 Å². The smallest absolute Gasteiger partial charge is 0.360 e. The van der Waals surface area contributed by atoms with Crippen LogP contribution in [0.5, 0.6) is 0 Å². The first-order chi connectivity index (χ1) is 8.24. The third-order valence-electron chi connectivity index (χ3n) is 2.55. The highest BCUT2D eigenvalue weighted by Gasteiger charge is 2.32. The number of nitrogens with zero attached hydrogens (tertiary/aromatic N) is 1. The van der Waals surface area contributed by atoms with Gasteiger partial charge in [0.05, 0.1) is 0 Å². The maximum atomic E-state index is 12.6. The Balaban J connectivity index is 3.16. The summed E-state index contributed by atoms with van der Waals surface area (Å²) in [5, 5.41) is 0.398. The van der Waals surface area contributed by atoms with E-state index >= 15 is 0 Å². The molecule has 0 unspecified atom stereocenters. The minimum absolute atomic E-state index is 0.174. The Morgan fingerprint density at radius 2 is 1.94 bits per heavy atom. The van der Waals surface area contributed by atoms with Gasteiger partial charge in [-0.2, -0.15) is 13.2 Å². The van der Waals surface area contributed by atoms with Crippen LogP contribution in [0.4, 0.5) is 18.9 Å². The predicted octanol–water partition coefficient (Wildman–Crippen LogP) is 3.58. The van der Waals surface area contributed by atoms with E-state index in [-0.39, 0.29) is 12.6 Å². The molecule has 2 N–H and O–H groups in total. The molecule has 0 aliphatic rings. The summed E-state index contributed by atoms with van der Waals surface area (Å²) in [6, 6.07) is 4.51. The molecule has 6 heteroatoms. The van der Waals surface area contributed by atoms with Crippen LogP contribution in [0.25, 0.3) is 0 Å². The van der Waals surface area contributed by atoms with Crippen molar-refractivity contribution in [2.75, 3.05) is 11.4 Å². The number of alkyl halides is 3. The number of hydrogen-bond donors (Lipinski definition) is 1. The highest BCUT2D eigenvalue weighted by molar-refractivity contribution is 6.30. The average molecular weight is 281 g/mol. The minimum Gasteiger partial charge on any atom is -0.360 e. The lowest BCUT2D eigenvalue weighted by atomic mass is 10.1. The lowest BCUT2D eigenvalue weighted by Gasteiger charge is -2.31. The van der Waals surface area contributed by atoms with Crippen molar-refractivity contribution in [1.82, 2.24) is 0 Å². The van der Waals surface area contributed by atoms with Crippen LogP contribution in [0, 0.1) is 0 Å². The van der Waals surface area contributed by atoms with Gasteiger partial charge in [0.2, 0.25) is 0 Å². The molecule has 0 bridgehead atoms. The van der Waals surface area contributed by atoms with Crippen molar-refractivity contribution in [3.63, 3.8) is 0 Å². The highest BCUT2D eigenvalue weighted by Crippen LogP contribution is 2.29. The number of halogens is 4. The van der Waals surface area contributed by atoms with Crippen LogP contribution in [0.2, 0.25) is 5.02 Å². The quantitative estimate of drug-likeness (QED) is 0.913. The molecule has 0 spiro atoms. The molecule has 1 aromatic carbocycles. The van der Waals surface area contributed by atoms with E-state index in [0.29, 0.717) is 16.3 Å². The van der Waals surface area contributed by atoms with E-state index in [0.717, 1.165) is 0 Å². The standard InChI is InChI=1S/C12H16ClF3N2/c1-8(2)18(7-12(14,15)16)11-5-10(13)4-3-9(11)6-17/h3-5,8H,6-7,17H2,1-2H3. The number of benzene rings is 1. The van der Waals surface area contributed by atoms with Gasteiger partial charge in [0.15, 0.2) is 0 Å². The molecule has 1 rings (SSSR count). The van der Waals surface area contributed by atoms with E-state index in [1.54, 1.807) is 26.0 Å². The molecular weight excluding hydrogens is 265 g/mol. The number of hydrogen-bond acceptors (Lipinski definition) is 2. The van der Waals surface area contributed by atoms with Crippen molar-refractivity contribution in [3.8, 4) is 0 Å². The first kappa shape index (κ1) is 15.1. The van der Waals surface area contributed by atoms with Crippen LogP contribution in [0.1, 0.15) is 19.4 Å². The predicted molar refractivity (Wildman–Crippen MR) is 67.9 cm³/mol. The van der Waals surface area contributed by atoms with Crippen molar-refractivity contribution >= 4 is 17.3 Å². The fraction of sp³-hybridized carbons (Fsp3) is 0.500. The molecule has 0 aliphatic heterocycles. The van der Waals surface area contributed by atoms with Gasteiger partial charge < -0.3 is 10.6 Å². The van der Waals surface area contributed by atoms with E-state index in [1.807, 2.05) is 0 Å². The van der Waals surface area contributed by atoms with Crippen molar-refractivity contribution in [2.45, 2.75) is 32.6 Å². The van der Waals surface area contributed by atoms with E-state index < -0.39 is 12.7 Å². The SMILES string of the molecule is CC(C)N(CC(F)(F)F)c1cc(Cl)ccc1CN. The van der Waals surface area contributed by atoms with Gasteiger partial charge >= 0.3 is 6.18 Å². The first-order valence-electron chi connectivity index (χ1n) is 5.56. The monoisotopic (exact) mass is 280 g/mol. The number of anilines is 1. The molecule has 1 aromatic rings. The Labute approximate surface area is 110 Å². The average Bonchev–Trinajstić information content (AvgIpc) is 2.24. The zero-order valence-corrected chi connectivity index (χ0v) is 11.0. The molecular formula is C12H16ClF3N2. The zero-order chi connectivity index (χ0) is 13.9. The van der Waals surface area contributed by atoms with Crippen LogP contribution in [-0.4, -0.2) is 18.8 Å². The van der Waals surface area contributed by atoms with E-state index in [1.165, 1.54) is 11.0 Å². The zero-order valence-electron chi connectivity index (χ0n) is 10.3. The topological polar surface area (TPSA) is 29.3 Å². The summed E-state index contributed by atoms with van der Waals surface area (Å²) in [4.78, 5) is 1.26. The maximum absolute atomic E-state index is 12.6. The maximum Gasteiger partial charge on any atom is 0.405 e. The lowest BCUT2D eigenvalue weighted by molar-refractivity contribution is -0.120. The molecule has 0 aliphatic carbocycles. The Hall–Kier alpha value is -0.940. The van der Waals surface area contributed by atoms with Crippen LogP contribution in [0.15, 0.2) is 18.2 Å². The van der Waals surface area contributed by atoms with Crippen molar-refractivity contribution in [2.24, 2.45) is 5.73 Å². The molecule has 102 valence electrons. The molecule has 0 atom stereocenters. The van der Waals surface area contributed by atoms with Gasteiger partial charge in [-0.25, -0.2) is 0 Å². The Kier molecular flexibility index (Phi) is 4.87. The molecule has 0 saturated carbocycles. The summed E-state index contributed by atoms with van der Waals surface area (Å²) in [6.45, 7) is 2.56. The molecule has 2 nitrogen and oxygen atoms in total. The number of rotatable bonds is 4. The summed E-state index contributed by atoms with van der Waals surface area (Å²) >= 11 is 5.85. The Morgan fingerprint density at radius 1 is 1.33 bits per heavy atom. The number of nitrogens with two attached hydrogens (primary N) is 1. The molecule has 0 amide bonds. The van der Waals surface area contributed by atoms with Crippen LogP contribution >= 0.6 is 11.6 Å². The fourth-order valence-corrected chi connectivity index (χ4v) is 1.88. The molecule has 0 fully saturated rings. The van der Waals surface area contributed by atoms with Crippen LogP contribution < -0.4 is 10.6 Å². The molecule has 0 aromatic heterocycles. The fourth-order valence-electron chi connectivity index (χ4n) is 1.72. The summed E-state index contributed by atoms with van der Waals surface area (Å²) < 4.78 is 37.7. The van der Waals surface area contributed by atoms with Crippen LogP contribution in [-0.2, 0) is 6.54 Å². The van der Waals surface area contributed by atoms with Gasteiger partial charge in [-0.15, -0.1) is 0 Å². The van der Waals surface area contributed by atoms with Gasteiger partial charge in [0, 0.05) is 23.3 Å². The van der Waals surface area contributed by atoms with E-state index in [4.69, 9.17) is 17.3 Å². The summed E-state index contributed by atoms with van der Waals surface area (Å²) in [5.41, 5.74) is 6.64. The second-order valence-corrected chi connectivity index (χ2v) is 4.75. The third kappa shape index (κ3) is 4.07. The summed E-state index contributed by atoms with van der Waals surface area (Å²) in [7, 11) is 0. The summed E-state index contributed by atoms with van der Waals surface area (Å²) in [5.74, 6) is 0. The second kappa shape index (κ2) is 5.80. The van der Waals surface area contributed by atoms with Crippen molar-refractivity contribution in [1.29, 1.82) is 0 Å². The van der Waals surface area contributed by atoms with Gasteiger partial charge in [-0.05, 0) is 31.5 Å². The van der Waals surface area contributed by atoms with E-state index in [9.17, 15) is 13.2 Å². The summed E-state index contributed by atoms with van der Waals surface area (Å²) in [6.07, 6.45) is -4.27. The second-order valence-electron chi connectivity index (χ2n) is 4.31. The normalized spacial score (nSPS) is 12.0. The molecule has 0 saturated heterocycles. The third-order valence-corrected chi connectivity index (χ3v) is 2.78. The molecule has 0 radical (unpaired) electrons. The van der Waals surface area contributed by atoms with Gasteiger partial charge in [-0.3, -0.25) is 0 Å². The Morgan fingerprint density at radius 3 is 2.39 bits per heavy atom. The van der Waals surface area contributed by atoms with Crippen molar-refractivity contribution < 1.29 is 13.2 Å². The first-order valence-corrected chi connectivity index (χ1v) is 5.94. The molecule has 0 heterocycles. The minimum atomic E-state index is -4.27. The van der Waals surface area contributed by atoms with Crippen molar-refractivity contribution in [3.05, 3.63) is 28.8 Å². The van der Waals surface area contributed by atoms with E-state index in [2.05, 4.69) is 0 Å². The highest BCUT2D eigenvalue weighted by atomic mass is 35.5. The van der Waals surface area contributed by atoms with Gasteiger partial charge in [0.1, 0.15) is 6.54 Å². The Bertz CT molecular complexity index is 405. The largest absolute Gasteiger partial charge is 0.405 e. The van der Waals surface area contributed by atoms with Gasteiger partial charge in [0.25, 0.3) is 0 Å². The van der Waals surface area contributed by atoms with Crippen LogP contribution in [0.3, 0.4) is 0 Å².